The summed E-state index contributed by atoms with van der Waals surface area (Å²) in [7, 11) is 1.60. The van der Waals surface area contributed by atoms with Crippen LogP contribution in [0.2, 0.25) is 0 Å². The highest BCUT2D eigenvalue weighted by molar-refractivity contribution is 9.11. The first-order valence-electron chi connectivity index (χ1n) is 5.72. The molecule has 2 aromatic rings. The summed E-state index contributed by atoms with van der Waals surface area (Å²) in [6.45, 7) is 0.384. The summed E-state index contributed by atoms with van der Waals surface area (Å²) in [5.41, 5.74) is 1.43. The minimum Gasteiger partial charge on any atom is -0.495 e. The van der Waals surface area contributed by atoms with E-state index in [0.717, 1.165) is 19.1 Å². The zero-order valence-corrected chi connectivity index (χ0v) is 15.3. The number of benzene rings is 2. The second-order valence-electron chi connectivity index (χ2n) is 4.06. The van der Waals surface area contributed by atoms with Gasteiger partial charge < -0.3 is 10.1 Å². The van der Waals surface area contributed by atoms with E-state index in [1.54, 1.807) is 19.2 Å². The largest absolute Gasteiger partial charge is 0.495 e. The Bertz CT molecular complexity index is 634. The first-order chi connectivity index (χ1) is 9.51. The van der Waals surface area contributed by atoms with Crippen LogP contribution in [0.4, 0.5) is 10.1 Å². The summed E-state index contributed by atoms with van der Waals surface area (Å²) in [5, 5.41) is 3.19. The molecule has 2 aromatic carbocycles. The smallest absolute Gasteiger partial charge is 0.135 e. The van der Waals surface area contributed by atoms with Gasteiger partial charge in [-0.1, -0.05) is 15.9 Å². The topological polar surface area (TPSA) is 21.3 Å². The molecule has 0 saturated heterocycles. The molecule has 0 aliphatic carbocycles. The molecule has 0 aromatic heterocycles. The van der Waals surface area contributed by atoms with Crippen molar-refractivity contribution in [1.82, 2.24) is 0 Å². The van der Waals surface area contributed by atoms with Crippen molar-refractivity contribution in [3.05, 3.63) is 55.1 Å². The van der Waals surface area contributed by atoms with Crippen molar-refractivity contribution in [2.24, 2.45) is 0 Å². The Kier molecular flexibility index (Phi) is 5.46. The maximum absolute atomic E-state index is 13.7. The van der Waals surface area contributed by atoms with Crippen LogP contribution in [0, 0.1) is 5.82 Å². The van der Waals surface area contributed by atoms with Gasteiger partial charge in [0.05, 0.1) is 17.3 Å². The zero-order valence-electron chi connectivity index (χ0n) is 10.5. The van der Waals surface area contributed by atoms with E-state index in [2.05, 4.69) is 53.1 Å². The molecule has 0 spiro atoms. The van der Waals surface area contributed by atoms with E-state index >= 15 is 0 Å². The van der Waals surface area contributed by atoms with E-state index in [0.29, 0.717) is 17.9 Å². The number of halogens is 4. The Morgan fingerprint density at radius 1 is 1.10 bits per heavy atom. The van der Waals surface area contributed by atoms with Crippen molar-refractivity contribution in [2.75, 3.05) is 12.4 Å². The number of methoxy groups -OCH3 is 1. The standard InChI is InChI=1S/C14H11Br3FNO/c1-20-14-6-13(10(16)5-11(14)17)19-7-8-4-9(15)2-3-12(8)18/h2-6,19H,7H2,1H3. The Labute approximate surface area is 142 Å². The van der Waals surface area contributed by atoms with E-state index in [9.17, 15) is 4.39 Å². The van der Waals surface area contributed by atoms with E-state index in [4.69, 9.17) is 4.74 Å². The van der Waals surface area contributed by atoms with Crippen LogP contribution in [-0.4, -0.2) is 7.11 Å². The number of anilines is 1. The van der Waals surface area contributed by atoms with E-state index in [1.165, 1.54) is 6.07 Å². The number of rotatable bonds is 4. The first kappa shape index (κ1) is 15.8. The van der Waals surface area contributed by atoms with Crippen LogP contribution < -0.4 is 10.1 Å². The molecular formula is C14H11Br3FNO. The molecule has 0 bridgehead atoms. The van der Waals surface area contributed by atoms with Gasteiger partial charge in [-0.15, -0.1) is 0 Å². The summed E-state index contributed by atoms with van der Waals surface area (Å²) in [4.78, 5) is 0. The predicted octanol–water partition coefficient (Wildman–Crippen LogP) is 5.73. The third-order valence-corrected chi connectivity index (χ3v) is 4.49. The van der Waals surface area contributed by atoms with Crippen LogP contribution in [0.1, 0.15) is 5.56 Å². The molecule has 2 nitrogen and oxygen atoms in total. The van der Waals surface area contributed by atoms with Crippen molar-refractivity contribution in [1.29, 1.82) is 0 Å². The van der Waals surface area contributed by atoms with Gasteiger partial charge in [0.15, 0.2) is 0 Å². The lowest BCUT2D eigenvalue weighted by molar-refractivity contribution is 0.412. The Morgan fingerprint density at radius 2 is 1.85 bits per heavy atom. The minimum absolute atomic E-state index is 0.235. The highest BCUT2D eigenvalue weighted by Gasteiger charge is 2.08. The SMILES string of the molecule is COc1cc(NCc2cc(Br)ccc2F)c(Br)cc1Br. The van der Waals surface area contributed by atoms with Crippen LogP contribution in [0.5, 0.6) is 5.75 Å². The normalized spacial score (nSPS) is 10.4. The van der Waals surface area contributed by atoms with Gasteiger partial charge in [0.1, 0.15) is 11.6 Å². The van der Waals surface area contributed by atoms with Gasteiger partial charge in [-0.2, -0.15) is 0 Å². The van der Waals surface area contributed by atoms with Crippen molar-refractivity contribution < 1.29 is 9.13 Å². The van der Waals surface area contributed by atoms with E-state index < -0.39 is 0 Å². The van der Waals surface area contributed by atoms with Crippen LogP contribution in [-0.2, 0) is 6.54 Å². The lowest BCUT2D eigenvalue weighted by atomic mass is 10.2. The molecule has 6 heteroatoms. The molecule has 0 atom stereocenters. The quantitative estimate of drug-likeness (QED) is 0.619. The fraction of sp³-hybridized carbons (Fsp3) is 0.143. The second kappa shape index (κ2) is 6.91. The van der Waals surface area contributed by atoms with E-state index in [-0.39, 0.29) is 5.82 Å². The predicted molar refractivity (Wildman–Crippen MR) is 89.8 cm³/mol. The number of ether oxygens (including phenoxy) is 1. The summed E-state index contributed by atoms with van der Waals surface area (Å²) < 4.78 is 21.5. The molecule has 0 radical (unpaired) electrons. The monoisotopic (exact) mass is 465 g/mol. The average Bonchev–Trinajstić information content (AvgIpc) is 2.41. The van der Waals surface area contributed by atoms with Gasteiger partial charge in [-0.3, -0.25) is 0 Å². The van der Waals surface area contributed by atoms with Gasteiger partial charge >= 0.3 is 0 Å². The fourth-order valence-electron chi connectivity index (χ4n) is 1.69. The van der Waals surface area contributed by atoms with E-state index in [1.807, 2.05) is 12.1 Å². The molecule has 0 aliphatic heterocycles. The molecule has 0 amide bonds. The first-order valence-corrected chi connectivity index (χ1v) is 8.10. The summed E-state index contributed by atoms with van der Waals surface area (Å²) in [6, 6.07) is 8.62. The molecule has 0 heterocycles. The van der Waals surface area contributed by atoms with Crippen LogP contribution in [0.15, 0.2) is 43.7 Å². The maximum Gasteiger partial charge on any atom is 0.135 e. The van der Waals surface area contributed by atoms with Crippen molar-refractivity contribution in [3.63, 3.8) is 0 Å². The summed E-state index contributed by atoms with van der Waals surface area (Å²) >= 11 is 10.2. The highest BCUT2D eigenvalue weighted by atomic mass is 79.9. The van der Waals surface area contributed by atoms with Gasteiger partial charge in [0.2, 0.25) is 0 Å². The molecule has 2 rings (SSSR count). The van der Waals surface area contributed by atoms with Crippen molar-refractivity contribution >= 4 is 53.5 Å². The molecule has 1 N–H and O–H groups in total. The maximum atomic E-state index is 13.7. The molecule has 106 valence electrons. The molecular weight excluding hydrogens is 457 g/mol. The van der Waals surface area contributed by atoms with Gasteiger partial charge in [0.25, 0.3) is 0 Å². The molecule has 0 saturated carbocycles. The van der Waals surface area contributed by atoms with Crippen molar-refractivity contribution in [3.8, 4) is 5.75 Å². The molecule has 20 heavy (non-hydrogen) atoms. The number of nitrogens with one attached hydrogen (secondary N) is 1. The Balaban J connectivity index is 2.20. The Morgan fingerprint density at radius 3 is 2.55 bits per heavy atom. The molecule has 0 aliphatic rings. The van der Waals surface area contributed by atoms with Crippen LogP contribution >= 0.6 is 47.8 Å². The van der Waals surface area contributed by atoms with Gasteiger partial charge in [-0.25, -0.2) is 4.39 Å². The highest BCUT2D eigenvalue weighted by Crippen LogP contribution is 2.34. The summed E-state index contributed by atoms with van der Waals surface area (Å²) in [5.74, 6) is 0.478. The average molecular weight is 468 g/mol. The second-order valence-corrected chi connectivity index (χ2v) is 6.68. The number of hydrogen-bond donors (Lipinski definition) is 1. The van der Waals surface area contributed by atoms with Gasteiger partial charge in [0, 0.05) is 27.1 Å². The fourth-order valence-corrected chi connectivity index (χ4v) is 3.39. The van der Waals surface area contributed by atoms with Crippen LogP contribution in [0.3, 0.4) is 0 Å². The minimum atomic E-state index is -0.235. The molecule has 0 unspecified atom stereocenters. The lowest BCUT2D eigenvalue weighted by Crippen LogP contribution is -2.03. The number of hydrogen-bond acceptors (Lipinski definition) is 2. The summed E-state index contributed by atoms with van der Waals surface area (Å²) in [6.07, 6.45) is 0. The van der Waals surface area contributed by atoms with Crippen molar-refractivity contribution in [2.45, 2.75) is 6.54 Å². The third kappa shape index (κ3) is 3.74. The molecule has 0 fully saturated rings. The third-order valence-electron chi connectivity index (χ3n) is 2.72. The lowest BCUT2D eigenvalue weighted by Gasteiger charge is -2.12. The zero-order chi connectivity index (χ0) is 14.7. The van der Waals surface area contributed by atoms with Gasteiger partial charge in [-0.05, 0) is 56.1 Å². The Hall–Kier alpha value is -0.590. The van der Waals surface area contributed by atoms with Crippen LogP contribution in [0.25, 0.3) is 0 Å².